The van der Waals surface area contributed by atoms with Crippen LogP contribution in [-0.4, -0.2) is 41.7 Å². The van der Waals surface area contributed by atoms with Gasteiger partial charge in [0.1, 0.15) is 11.5 Å². The van der Waals surface area contributed by atoms with Crippen LogP contribution in [0, 0.1) is 6.92 Å². The van der Waals surface area contributed by atoms with E-state index in [-0.39, 0.29) is 37.1 Å². The van der Waals surface area contributed by atoms with E-state index in [1.165, 1.54) is 4.90 Å². The Morgan fingerprint density at radius 3 is 2.30 bits per heavy atom. The minimum atomic E-state index is -0.218. The molecule has 0 fully saturated rings. The molecule has 2 N–H and O–H groups in total. The van der Waals surface area contributed by atoms with Gasteiger partial charge in [-0.2, -0.15) is 0 Å². The summed E-state index contributed by atoms with van der Waals surface area (Å²) in [5.41, 5.74) is 3.01. The molecule has 3 rings (SSSR count). The highest BCUT2D eigenvalue weighted by molar-refractivity contribution is 5.92. The highest BCUT2D eigenvalue weighted by Crippen LogP contribution is 2.23. The number of nitrogens with one attached hydrogen (secondary N) is 2. The predicted molar refractivity (Wildman–Crippen MR) is 125 cm³/mol. The topological polar surface area (TPSA) is 105 Å². The van der Waals surface area contributed by atoms with Gasteiger partial charge >= 0.3 is 0 Å². The quantitative estimate of drug-likeness (QED) is 0.523. The van der Waals surface area contributed by atoms with Crippen molar-refractivity contribution in [2.75, 3.05) is 19.4 Å². The lowest BCUT2D eigenvalue weighted by molar-refractivity contribution is -0.131. The Bertz CT molecular complexity index is 1110. The van der Waals surface area contributed by atoms with E-state index in [4.69, 9.17) is 4.42 Å². The highest BCUT2D eigenvalue weighted by atomic mass is 16.4. The molecular formula is C25H28N4O4. The maximum absolute atomic E-state index is 12.2. The van der Waals surface area contributed by atoms with E-state index in [1.807, 2.05) is 42.5 Å². The summed E-state index contributed by atoms with van der Waals surface area (Å²) in [4.78, 5) is 41.8. The van der Waals surface area contributed by atoms with E-state index >= 15 is 0 Å². The number of aryl methyl sites for hydroxylation is 1. The van der Waals surface area contributed by atoms with Crippen molar-refractivity contribution in [3.63, 3.8) is 0 Å². The Morgan fingerprint density at radius 2 is 1.64 bits per heavy atom. The smallest absolute Gasteiger partial charge is 0.228 e. The second kappa shape index (κ2) is 11.1. The summed E-state index contributed by atoms with van der Waals surface area (Å²) in [5.74, 6) is 0.636. The van der Waals surface area contributed by atoms with Crippen molar-refractivity contribution in [2.24, 2.45) is 0 Å². The van der Waals surface area contributed by atoms with Gasteiger partial charge in [-0.3, -0.25) is 14.4 Å². The molecule has 0 saturated carbocycles. The molecule has 3 aromatic rings. The van der Waals surface area contributed by atoms with Crippen LogP contribution < -0.4 is 10.6 Å². The molecule has 0 bridgehead atoms. The van der Waals surface area contributed by atoms with Gasteiger partial charge in [0.2, 0.25) is 23.6 Å². The number of anilines is 1. The second-order valence-corrected chi connectivity index (χ2v) is 7.87. The molecule has 3 amide bonds. The van der Waals surface area contributed by atoms with Crippen LogP contribution in [0.4, 0.5) is 5.69 Å². The number of amides is 3. The zero-order valence-electron chi connectivity index (χ0n) is 19.1. The zero-order chi connectivity index (χ0) is 23.8. The first-order valence-corrected chi connectivity index (χ1v) is 10.7. The van der Waals surface area contributed by atoms with Crippen LogP contribution in [-0.2, 0) is 27.3 Å². The van der Waals surface area contributed by atoms with Crippen LogP contribution in [0.1, 0.15) is 29.9 Å². The van der Waals surface area contributed by atoms with Crippen LogP contribution >= 0.6 is 0 Å². The van der Waals surface area contributed by atoms with Gasteiger partial charge in [0.05, 0.1) is 13.0 Å². The largest absolute Gasteiger partial charge is 0.441 e. The summed E-state index contributed by atoms with van der Waals surface area (Å²) < 4.78 is 5.75. The molecule has 172 valence electrons. The SMILES string of the molecule is Cc1oc(-c2ccc(NC(=O)Cc3ccccc3)cc2)nc1CNC(=O)CCC(=O)N(C)C. The normalized spacial score (nSPS) is 10.5. The number of hydrogen-bond donors (Lipinski definition) is 2. The molecule has 0 saturated heterocycles. The van der Waals surface area contributed by atoms with Crippen molar-refractivity contribution in [3.8, 4) is 11.5 Å². The molecule has 1 aromatic heterocycles. The van der Waals surface area contributed by atoms with Gasteiger partial charge in [-0.25, -0.2) is 4.98 Å². The third-order valence-corrected chi connectivity index (χ3v) is 5.03. The lowest BCUT2D eigenvalue weighted by atomic mass is 10.1. The molecule has 0 radical (unpaired) electrons. The molecule has 0 unspecified atom stereocenters. The number of aromatic nitrogens is 1. The van der Waals surface area contributed by atoms with Crippen LogP contribution in [0.3, 0.4) is 0 Å². The molecule has 2 aromatic carbocycles. The third-order valence-electron chi connectivity index (χ3n) is 5.03. The number of oxazole rings is 1. The van der Waals surface area contributed by atoms with Crippen LogP contribution in [0.25, 0.3) is 11.5 Å². The number of carbonyl (C=O) groups is 3. The summed E-state index contributed by atoms with van der Waals surface area (Å²) in [5, 5.41) is 5.65. The molecule has 1 heterocycles. The third kappa shape index (κ3) is 7.03. The van der Waals surface area contributed by atoms with E-state index in [2.05, 4.69) is 15.6 Å². The van der Waals surface area contributed by atoms with Gasteiger partial charge in [-0.1, -0.05) is 30.3 Å². The number of nitrogens with zero attached hydrogens (tertiary/aromatic N) is 2. The van der Waals surface area contributed by atoms with Crippen molar-refractivity contribution in [2.45, 2.75) is 32.7 Å². The fourth-order valence-electron chi connectivity index (χ4n) is 3.11. The highest BCUT2D eigenvalue weighted by Gasteiger charge is 2.14. The first kappa shape index (κ1) is 23.7. The average Bonchev–Trinajstić information content (AvgIpc) is 3.17. The van der Waals surface area contributed by atoms with Gasteiger partial charge in [0.25, 0.3) is 0 Å². The number of benzene rings is 2. The lowest BCUT2D eigenvalue weighted by Crippen LogP contribution is -2.27. The lowest BCUT2D eigenvalue weighted by Gasteiger charge is -2.09. The summed E-state index contributed by atoms with van der Waals surface area (Å²) in [6.45, 7) is 2.00. The van der Waals surface area contributed by atoms with Crippen molar-refractivity contribution in [1.29, 1.82) is 0 Å². The first-order chi connectivity index (χ1) is 15.8. The van der Waals surface area contributed by atoms with Crippen molar-refractivity contribution < 1.29 is 18.8 Å². The van der Waals surface area contributed by atoms with E-state index in [1.54, 1.807) is 33.2 Å². The molecule has 0 spiro atoms. The van der Waals surface area contributed by atoms with Gasteiger partial charge in [-0.15, -0.1) is 0 Å². The number of hydrogen-bond acceptors (Lipinski definition) is 5. The molecule has 8 nitrogen and oxygen atoms in total. The maximum atomic E-state index is 12.2. The van der Waals surface area contributed by atoms with Crippen molar-refractivity contribution in [1.82, 2.24) is 15.2 Å². The van der Waals surface area contributed by atoms with Gasteiger partial charge in [-0.05, 0) is 36.8 Å². The first-order valence-electron chi connectivity index (χ1n) is 10.7. The molecule has 33 heavy (non-hydrogen) atoms. The Hall–Kier alpha value is -3.94. The molecule has 0 aliphatic heterocycles. The predicted octanol–water partition coefficient (Wildman–Crippen LogP) is 3.32. The van der Waals surface area contributed by atoms with Crippen LogP contribution in [0.15, 0.2) is 59.0 Å². The monoisotopic (exact) mass is 448 g/mol. The molecular weight excluding hydrogens is 420 g/mol. The minimum Gasteiger partial charge on any atom is -0.441 e. The Kier molecular flexibility index (Phi) is 7.96. The van der Waals surface area contributed by atoms with E-state index in [0.29, 0.717) is 29.5 Å². The average molecular weight is 449 g/mol. The Balaban J connectivity index is 1.54. The summed E-state index contributed by atoms with van der Waals surface area (Å²) in [6, 6.07) is 16.8. The van der Waals surface area contributed by atoms with Gasteiger partial charge in [0, 0.05) is 38.2 Å². The second-order valence-electron chi connectivity index (χ2n) is 7.87. The Labute approximate surface area is 193 Å². The van der Waals surface area contributed by atoms with Crippen molar-refractivity contribution in [3.05, 3.63) is 71.6 Å². The minimum absolute atomic E-state index is 0.0915. The van der Waals surface area contributed by atoms with Gasteiger partial charge in [0.15, 0.2) is 0 Å². The summed E-state index contributed by atoms with van der Waals surface area (Å²) >= 11 is 0. The van der Waals surface area contributed by atoms with Crippen molar-refractivity contribution >= 4 is 23.4 Å². The van der Waals surface area contributed by atoms with E-state index < -0.39 is 0 Å². The zero-order valence-corrected chi connectivity index (χ0v) is 19.1. The molecule has 0 aliphatic rings. The fourth-order valence-corrected chi connectivity index (χ4v) is 3.11. The standard InChI is InChI=1S/C25H28N4O4/c1-17-21(16-26-22(30)13-14-24(32)29(2)3)28-25(33-17)19-9-11-20(12-10-19)27-23(31)15-18-7-5-4-6-8-18/h4-12H,13-16H2,1-3H3,(H,26,30)(H,27,31). The van der Waals surface area contributed by atoms with Crippen LogP contribution in [0.5, 0.6) is 0 Å². The summed E-state index contributed by atoms with van der Waals surface area (Å²) in [6.07, 6.45) is 0.592. The molecule has 0 aliphatic carbocycles. The fraction of sp³-hybridized carbons (Fsp3) is 0.280. The molecule has 0 atom stereocenters. The van der Waals surface area contributed by atoms with Crippen LogP contribution in [0.2, 0.25) is 0 Å². The number of rotatable bonds is 9. The maximum Gasteiger partial charge on any atom is 0.228 e. The van der Waals surface area contributed by atoms with E-state index in [9.17, 15) is 14.4 Å². The molecule has 8 heteroatoms. The number of carbonyl (C=O) groups excluding carboxylic acids is 3. The summed E-state index contributed by atoms with van der Waals surface area (Å²) in [7, 11) is 3.32. The van der Waals surface area contributed by atoms with E-state index in [0.717, 1.165) is 11.1 Å². The Morgan fingerprint density at radius 1 is 0.939 bits per heavy atom. The van der Waals surface area contributed by atoms with Gasteiger partial charge < -0.3 is 20.0 Å².